The minimum atomic E-state index is 0.369. The van der Waals surface area contributed by atoms with Crippen LogP contribution in [0.5, 0.6) is 5.75 Å². The van der Waals surface area contributed by atoms with Crippen LogP contribution in [0.15, 0.2) is 45.3 Å². The highest BCUT2D eigenvalue weighted by Gasteiger charge is 2.06. The molecule has 0 atom stereocenters. The van der Waals surface area contributed by atoms with Gasteiger partial charge in [0.25, 0.3) is 0 Å². The third-order valence-corrected chi connectivity index (χ3v) is 4.21. The van der Waals surface area contributed by atoms with E-state index in [4.69, 9.17) is 22.7 Å². The van der Waals surface area contributed by atoms with Crippen molar-refractivity contribution in [2.45, 2.75) is 0 Å². The molecule has 104 valence electrons. The minimum absolute atomic E-state index is 0.369. The van der Waals surface area contributed by atoms with Gasteiger partial charge in [-0.25, -0.2) is 0 Å². The molecule has 0 amide bonds. The van der Waals surface area contributed by atoms with E-state index in [0.29, 0.717) is 4.99 Å². The summed E-state index contributed by atoms with van der Waals surface area (Å²) in [5, 5.41) is 3.30. The molecule has 0 bridgehead atoms. The molecule has 20 heavy (non-hydrogen) atoms. The fourth-order valence-electron chi connectivity index (χ4n) is 1.70. The van der Waals surface area contributed by atoms with E-state index in [1.54, 1.807) is 7.11 Å². The average Bonchev–Trinajstić information content (AvgIpc) is 2.40. The van der Waals surface area contributed by atoms with Gasteiger partial charge < -0.3 is 15.8 Å². The van der Waals surface area contributed by atoms with Crippen LogP contribution in [0.3, 0.4) is 0 Å². The number of nitrogens with two attached hydrogens (primary N) is 1. The van der Waals surface area contributed by atoms with E-state index < -0.39 is 0 Å². The highest BCUT2D eigenvalue weighted by molar-refractivity contribution is 9.10. The van der Waals surface area contributed by atoms with Gasteiger partial charge in [-0.05, 0) is 62.2 Å². The Morgan fingerprint density at radius 2 is 1.75 bits per heavy atom. The summed E-state index contributed by atoms with van der Waals surface area (Å²) < 4.78 is 7.04. The van der Waals surface area contributed by atoms with Gasteiger partial charge in [0.1, 0.15) is 10.7 Å². The van der Waals surface area contributed by atoms with Crippen molar-refractivity contribution in [2.75, 3.05) is 12.4 Å². The smallest absolute Gasteiger partial charge is 0.135 e. The Kier molecular flexibility index (Phi) is 5.01. The summed E-state index contributed by atoms with van der Waals surface area (Å²) >= 11 is 11.9. The van der Waals surface area contributed by atoms with Crippen molar-refractivity contribution in [1.82, 2.24) is 0 Å². The van der Waals surface area contributed by atoms with Crippen LogP contribution in [0, 0.1) is 0 Å². The van der Waals surface area contributed by atoms with Crippen LogP contribution in [0.1, 0.15) is 5.56 Å². The van der Waals surface area contributed by atoms with Gasteiger partial charge in [-0.2, -0.15) is 0 Å². The molecular formula is C14H12Br2N2OS. The molecule has 2 aromatic rings. The Hall–Kier alpha value is -1.11. The summed E-state index contributed by atoms with van der Waals surface area (Å²) in [6.07, 6.45) is 0. The lowest BCUT2D eigenvalue weighted by atomic mass is 10.2. The SMILES string of the molecule is COc1cc(Nc2ccc(C(N)=S)c(Br)c2)ccc1Br. The molecule has 0 heterocycles. The zero-order valence-electron chi connectivity index (χ0n) is 10.6. The Morgan fingerprint density at radius 1 is 1.10 bits per heavy atom. The second-order valence-corrected chi connectivity index (χ2v) is 6.18. The van der Waals surface area contributed by atoms with Crippen LogP contribution >= 0.6 is 44.1 Å². The maximum absolute atomic E-state index is 5.63. The predicted octanol–water partition coefficient (Wildman–Crippen LogP) is 4.60. The van der Waals surface area contributed by atoms with E-state index in [1.165, 1.54) is 0 Å². The number of halogens is 2. The molecule has 3 nitrogen and oxygen atoms in total. The van der Waals surface area contributed by atoms with Gasteiger partial charge in [0.05, 0.1) is 11.6 Å². The summed E-state index contributed by atoms with van der Waals surface area (Å²) in [6, 6.07) is 11.5. The summed E-state index contributed by atoms with van der Waals surface area (Å²) in [4.78, 5) is 0.369. The molecule has 0 aliphatic rings. The largest absolute Gasteiger partial charge is 0.495 e. The van der Waals surface area contributed by atoms with Gasteiger partial charge in [0.15, 0.2) is 0 Å². The fraction of sp³-hybridized carbons (Fsp3) is 0.0714. The van der Waals surface area contributed by atoms with Gasteiger partial charge in [-0.3, -0.25) is 0 Å². The highest BCUT2D eigenvalue weighted by Crippen LogP contribution is 2.30. The molecule has 6 heteroatoms. The first-order valence-electron chi connectivity index (χ1n) is 5.71. The first-order valence-corrected chi connectivity index (χ1v) is 7.70. The van der Waals surface area contributed by atoms with Gasteiger partial charge in [-0.15, -0.1) is 0 Å². The molecule has 0 fully saturated rings. The van der Waals surface area contributed by atoms with E-state index >= 15 is 0 Å². The molecule has 0 saturated heterocycles. The second-order valence-electron chi connectivity index (χ2n) is 4.03. The lowest BCUT2D eigenvalue weighted by molar-refractivity contribution is 0.412. The second kappa shape index (κ2) is 6.56. The number of ether oxygens (including phenoxy) is 1. The standard InChI is InChI=1S/C14H12Br2N2OS/c1-19-13-7-9(3-5-11(13)15)18-8-2-4-10(14(17)20)12(16)6-8/h2-7,18H,1H3,(H2,17,20). The molecule has 3 N–H and O–H groups in total. The Balaban J connectivity index is 2.26. The number of anilines is 2. The summed E-state index contributed by atoms with van der Waals surface area (Å²) in [6.45, 7) is 0. The van der Waals surface area contributed by atoms with Crippen molar-refractivity contribution in [3.63, 3.8) is 0 Å². The number of hydrogen-bond donors (Lipinski definition) is 2. The lowest BCUT2D eigenvalue weighted by Gasteiger charge is -2.11. The third-order valence-electron chi connectivity index (χ3n) is 2.67. The van der Waals surface area contributed by atoms with Crippen LogP contribution in [0.4, 0.5) is 11.4 Å². The van der Waals surface area contributed by atoms with Crippen LogP contribution in [0.2, 0.25) is 0 Å². The first-order chi connectivity index (χ1) is 9.51. The Morgan fingerprint density at radius 3 is 2.35 bits per heavy atom. The molecule has 0 saturated carbocycles. The number of nitrogens with one attached hydrogen (secondary N) is 1. The summed E-state index contributed by atoms with van der Waals surface area (Å²) in [7, 11) is 1.64. The molecule has 0 spiro atoms. The number of hydrogen-bond acceptors (Lipinski definition) is 3. The maximum atomic E-state index is 5.63. The monoisotopic (exact) mass is 414 g/mol. The average molecular weight is 416 g/mol. The van der Waals surface area contributed by atoms with Crippen molar-refractivity contribution < 1.29 is 4.74 Å². The molecule has 0 unspecified atom stereocenters. The zero-order chi connectivity index (χ0) is 14.7. The van der Waals surface area contributed by atoms with Gasteiger partial charge >= 0.3 is 0 Å². The van der Waals surface area contributed by atoms with E-state index in [1.807, 2.05) is 36.4 Å². The summed E-state index contributed by atoms with van der Waals surface area (Å²) in [5.41, 5.74) is 8.31. The van der Waals surface area contributed by atoms with E-state index in [2.05, 4.69) is 37.2 Å². The van der Waals surface area contributed by atoms with Crippen LogP contribution in [-0.2, 0) is 0 Å². The van der Waals surface area contributed by atoms with Crippen molar-refractivity contribution in [3.05, 3.63) is 50.9 Å². The normalized spacial score (nSPS) is 10.2. The minimum Gasteiger partial charge on any atom is -0.495 e. The van der Waals surface area contributed by atoms with Crippen molar-refractivity contribution >= 4 is 60.4 Å². The first kappa shape index (κ1) is 15.3. The molecular weight excluding hydrogens is 404 g/mol. The highest BCUT2D eigenvalue weighted by atomic mass is 79.9. The number of thiocarbonyl (C=S) groups is 1. The molecule has 2 rings (SSSR count). The van der Waals surface area contributed by atoms with Crippen molar-refractivity contribution in [1.29, 1.82) is 0 Å². The quantitative estimate of drug-likeness (QED) is 0.716. The molecule has 0 aromatic heterocycles. The topological polar surface area (TPSA) is 47.3 Å². The fourth-order valence-corrected chi connectivity index (χ4v) is 3.01. The molecule has 0 aliphatic heterocycles. The number of benzene rings is 2. The molecule has 0 radical (unpaired) electrons. The van der Waals surface area contributed by atoms with E-state index in [0.717, 1.165) is 31.6 Å². The van der Waals surface area contributed by atoms with Crippen LogP contribution in [-0.4, -0.2) is 12.1 Å². The van der Waals surface area contributed by atoms with E-state index in [-0.39, 0.29) is 0 Å². The van der Waals surface area contributed by atoms with E-state index in [9.17, 15) is 0 Å². The van der Waals surface area contributed by atoms with Gasteiger partial charge in [0.2, 0.25) is 0 Å². The summed E-state index contributed by atoms with van der Waals surface area (Å²) in [5.74, 6) is 0.772. The van der Waals surface area contributed by atoms with Crippen LogP contribution in [0.25, 0.3) is 0 Å². The zero-order valence-corrected chi connectivity index (χ0v) is 14.6. The maximum Gasteiger partial charge on any atom is 0.135 e. The Bertz CT molecular complexity index is 662. The number of methoxy groups -OCH3 is 1. The van der Waals surface area contributed by atoms with Crippen LogP contribution < -0.4 is 15.8 Å². The predicted molar refractivity (Wildman–Crippen MR) is 94.0 cm³/mol. The third kappa shape index (κ3) is 3.50. The van der Waals surface area contributed by atoms with Crippen molar-refractivity contribution in [2.24, 2.45) is 5.73 Å². The van der Waals surface area contributed by atoms with Crippen molar-refractivity contribution in [3.8, 4) is 5.75 Å². The van der Waals surface area contributed by atoms with Gasteiger partial charge in [0, 0.05) is 27.5 Å². The molecule has 2 aromatic carbocycles. The Labute approximate surface area is 139 Å². The lowest BCUT2D eigenvalue weighted by Crippen LogP contribution is -2.10. The molecule has 0 aliphatic carbocycles. The van der Waals surface area contributed by atoms with Gasteiger partial charge in [-0.1, -0.05) is 12.2 Å². The number of rotatable bonds is 4.